The summed E-state index contributed by atoms with van der Waals surface area (Å²) in [6.07, 6.45) is 3.43. The van der Waals surface area contributed by atoms with Gasteiger partial charge in [0.25, 0.3) is 5.79 Å². The monoisotopic (exact) mass is 330 g/mol. The summed E-state index contributed by atoms with van der Waals surface area (Å²) in [4.78, 5) is 23.5. The number of esters is 2. The highest BCUT2D eigenvalue weighted by molar-refractivity contribution is 5.77. The molecule has 0 amide bonds. The Labute approximate surface area is 138 Å². The van der Waals surface area contributed by atoms with Crippen LogP contribution in [-0.4, -0.2) is 40.6 Å². The molecule has 6 heteroatoms. The Balaban J connectivity index is 2.73. The van der Waals surface area contributed by atoms with Gasteiger partial charge in [-0.1, -0.05) is 20.8 Å². The zero-order valence-electron chi connectivity index (χ0n) is 14.5. The molecule has 0 aromatic rings. The Kier molecular flexibility index (Phi) is 7.48. The standard InChI is InChI=1S/C17H30O6/c1-16(2,3)12-13-8-5-4-6-11-22-14(18)9-7-10-17(20,21)15(19)23-13/h13,20-21H,4-12H2,1-3H3. The van der Waals surface area contributed by atoms with Crippen molar-refractivity contribution in [2.24, 2.45) is 5.41 Å². The van der Waals surface area contributed by atoms with E-state index in [2.05, 4.69) is 20.8 Å². The quantitative estimate of drug-likeness (QED) is 0.566. The van der Waals surface area contributed by atoms with Crippen molar-refractivity contribution in [1.82, 2.24) is 0 Å². The van der Waals surface area contributed by atoms with Crippen LogP contribution in [-0.2, 0) is 19.1 Å². The van der Waals surface area contributed by atoms with Gasteiger partial charge in [-0.25, -0.2) is 4.79 Å². The second-order valence-electron chi connectivity index (χ2n) is 7.53. The second kappa shape index (κ2) is 8.64. The molecule has 0 bridgehead atoms. The summed E-state index contributed by atoms with van der Waals surface area (Å²) >= 11 is 0. The van der Waals surface area contributed by atoms with E-state index in [1.165, 1.54) is 0 Å². The molecule has 0 saturated carbocycles. The van der Waals surface area contributed by atoms with Gasteiger partial charge in [-0.15, -0.1) is 0 Å². The Hall–Kier alpha value is -1.14. The zero-order valence-corrected chi connectivity index (χ0v) is 14.5. The van der Waals surface area contributed by atoms with E-state index in [1.807, 2.05) is 0 Å². The minimum absolute atomic E-state index is 0.0283. The molecule has 23 heavy (non-hydrogen) atoms. The fourth-order valence-corrected chi connectivity index (χ4v) is 2.62. The molecule has 0 aromatic heterocycles. The normalized spacial score (nSPS) is 25.2. The lowest BCUT2D eigenvalue weighted by Gasteiger charge is -2.29. The first-order chi connectivity index (χ1) is 10.6. The highest BCUT2D eigenvalue weighted by atomic mass is 16.6. The lowest BCUT2D eigenvalue weighted by atomic mass is 9.87. The summed E-state index contributed by atoms with van der Waals surface area (Å²) in [6.45, 7) is 6.54. The Bertz CT molecular complexity index is 396. The fraction of sp³-hybridized carbons (Fsp3) is 0.882. The summed E-state index contributed by atoms with van der Waals surface area (Å²) in [7, 11) is 0. The number of carbonyl (C=O) groups excluding carboxylic acids is 2. The van der Waals surface area contributed by atoms with E-state index in [-0.39, 0.29) is 36.8 Å². The third-order valence-corrected chi connectivity index (χ3v) is 3.78. The first-order valence-corrected chi connectivity index (χ1v) is 8.42. The molecule has 0 aromatic carbocycles. The van der Waals surface area contributed by atoms with Crippen LogP contribution >= 0.6 is 0 Å². The van der Waals surface area contributed by atoms with Crippen molar-refractivity contribution in [2.45, 2.75) is 84.0 Å². The molecule has 2 N–H and O–H groups in total. The smallest absolute Gasteiger partial charge is 0.366 e. The number of rotatable bonds is 1. The number of hydrogen-bond acceptors (Lipinski definition) is 6. The average molecular weight is 330 g/mol. The first kappa shape index (κ1) is 19.9. The van der Waals surface area contributed by atoms with Gasteiger partial charge in [0.2, 0.25) is 0 Å². The molecule has 0 spiro atoms. The largest absolute Gasteiger partial charge is 0.466 e. The van der Waals surface area contributed by atoms with Gasteiger partial charge in [-0.3, -0.25) is 4.79 Å². The number of aliphatic hydroxyl groups is 2. The maximum atomic E-state index is 12.0. The van der Waals surface area contributed by atoms with Crippen molar-refractivity contribution >= 4 is 11.9 Å². The molecule has 1 aliphatic heterocycles. The van der Waals surface area contributed by atoms with E-state index >= 15 is 0 Å². The maximum absolute atomic E-state index is 12.0. The highest BCUT2D eigenvalue weighted by Gasteiger charge is 2.37. The van der Waals surface area contributed by atoms with Crippen LogP contribution in [0.3, 0.4) is 0 Å². The molecule has 1 saturated heterocycles. The summed E-state index contributed by atoms with van der Waals surface area (Å²) < 4.78 is 10.4. The van der Waals surface area contributed by atoms with E-state index in [0.29, 0.717) is 19.4 Å². The maximum Gasteiger partial charge on any atom is 0.366 e. The molecule has 1 atom stereocenters. The van der Waals surface area contributed by atoms with Gasteiger partial charge in [-0.05, 0) is 43.9 Å². The highest BCUT2D eigenvalue weighted by Crippen LogP contribution is 2.27. The molecule has 0 aliphatic carbocycles. The molecule has 1 fully saturated rings. The number of carbonyl (C=O) groups is 2. The number of ether oxygens (including phenoxy) is 2. The number of hydrogen-bond donors (Lipinski definition) is 2. The third kappa shape index (κ3) is 8.32. The molecule has 0 radical (unpaired) electrons. The van der Waals surface area contributed by atoms with Crippen molar-refractivity contribution in [3.63, 3.8) is 0 Å². The van der Waals surface area contributed by atoms with Crippen LogP contribution in [0.4, 0.5) is 0 Å². The minimum Gasteiger partial charge on any atom is -0.466 e. The van der Waals surface area contributed by atoms with Gasteiger partial charge in [0.15, 0.2) is 0 Å². The van der Waals surface area contributed by atoms with Gasteiger partial charge < -0.3 is 19.7 Å². The predicted molar refractivity (Wildman–Crippen MR) is 84.4 cm³/mol. The number of cyclic esters (lactones) is 2. The van der Waals surface area contributed by atoms with Crippen LogP contribution in [0.2, 0.25) is 0 Å². The summed E-state index contributed by atoms with van der Waals surface area (Å²) in [5.41, 5.74) is -0.0283. The van der Waals surface area contributed by atoms with Crippen LogP contribution in [0.25, 0.3) is 0 Å². The van der Waals surface area contributed by atoms with Crippen LogP contribution in [0.1, 0.15) is 72.1 Å². The SMILES string of the molecule is CC(C)(C)CC1CCCCCOC(=O)CCCC(O)(O)C(=O)O1. The van der Waals surface area contributed by atoms with Crippen molar-refractivity contribution < 1.29 is 29.3 Å². The van der Waals surface area contributed by atoms with E-state index in [4.69, 9.17) is 9.47 Å². The van der Waals surface area contributed by atoms with Crippen LogP contribution in [0, 0.1) is 5.41 Å². The molecular weight excluding hydrogens is 300 g/mol. The molecule has 134 valence electrons. The van der Waals surface area contributed by atoms with Crippen molar-refractivity contribution in [3.05, 3.63) is 0 Å². The topological polar surface area (TPSA) is 93.1 Å². The molecule has 1 heterocycles. The minimum atomic E-state index is -2.56. The van der Waals surface area contributed by atoms with Crippen LogP contribution in [0.5, 0.6) is 0 Å². The molecule has 1 rings (SSSR count). The molecule has 1 unspecified atom stereocenters. The second-order valence-corrected chi connectivity index (χ2v) is 7.53. The average Bonchev–Trinajstić information content (AvgIpc) is 2.39. The summed E-state index contributed by atoms with van der Waals surface area (Å²) in [6, 6.07) is 0. The van der Waals surface area contributed by atoms with Gasteiger partial charge in [0.05, 0.1) is 6.61 Å². The lowest BCUT2D eigenvalue weighted by molar-refractivity contribution is -0.218. The van der Waals surface area contributed by atoms with Gasteiger partial charge in [-0.2, -0.15) is 0 Å². The van der Waals surface area contributed by atoms with Crippen LogP contribution < -0.4 is 0 Å². The first-order valence-electron chi connectivity index (χ1n) is 8.42. The molecular formula is C17H30O6. The van der Waals surface area contributed by atoms with Crippen molar-refractivity contribution in [1.29, 1.82) is 0 Å². The van der Waals surface area contributed by atoms with E-state index in [9.17, 15) is 19.8 Å². The predicted octanol–water partition coefficient (Wildman–Crippen LogP) is 2.30. The van der Waals surface area contributed by atoms with Gasteiger partial charge >= 0.3 is 11.9 Å². The van der Waals surface area contributed by atoms with Crippen molar-refractivity contribution in [2.75, 3.05) is 6.61 Å². The van der Waals surface area contributed by atoms with E-state index < -0.39 is 11.8 Å². The van der Waals surface area contributed by atoms with Gasteiger partial charge in [0.1, 0.15) is 6.10 Å². The Morgan fingerprint density at radius 1 is 1.13 bits per heavy atom. The molecule has 6 nitrogen and oxygen atoms in total. The lowest BCUT2D eigenvalue weighted by Crippen LogP contribution is -2.42. The van der Waals surface area contributed by atoms with Crippen LogP contribution in [0.15, 0.2) is 0 Å². The van der Waals surface area contributed by atoms with Gasteiger partial charge in [0, 0.05) is 12.8 Å². The van der Waals surface area contributed by atoms with Crippen molar-refractivity contribution in [3.8, 4) is 0 Å². The van der Waals surface area contributed by atoms with E-state index in [0.717, 1.165) is 19.3 Å². The Morgan fingerprint density at radius 3 is 2.48 bits per heavy atom. The summed E-state index contributed by atoms with van der Waals surface area (Å²) in [5, 5.41) is 19.8. The fourth-order valence-electron chi connectivity index (χ4n) is 2.62. The zero-order chi connectivity index (χ0) is 17.5. The Morgan fingerprint density at radius 2 is 1.83 bits per heavy atom. The summed E-state index contributed by atoms with van der Waals surface area (Å²) in [5.74, 6) is -3.96. The third-order valence-electron chi connectivity index (χ3n) is 3.78. The molecule has 1 aliphatic rings. The van der Waals surface area contributed by atoms with E-state index in [1.54, 1.807) is 0 Å².